The number of aliphatic hydroxyl groups is 2. The van der Waals surface area contributed by atoms with Gasteiger partial charge in [0, 0.05) is 0 Å². The van der Waals surface area contributed by atoms with Gasteiger partial charge in [-0.05, 0) is 67.2 Å². The Bertz CT molecular complexity index is 320. The summed E-state index contributed by atoms with van der Waals surface area (Å²) in [5, 5.41) is 20.5. The maximum atomic E-state index is 10.3. The summed E-state index contributed by atoms with van der Waals surface area (Å²) in [7, 11) is 0. The van der Waals surface area contributed by atoms with Gasteiger partial charge in [-0.25, -0.2) is 0 Å². The quantitative estimate of drug-likeness (QED) is 0.596. The van der Waals surface area contributed by atoms with Gasteiger partial charge >= 0.3 is 0 Å². The molecule has 0 heterocycles. The van der Waals surface area contributed by atoms with Crippen LogP contribution in [0.1, 0.15) is 44.9 Å². The number of rotatable bonds is 0. The Morgan fingerprint density at radius 3 is 1.33 bits per heavy atom. The Labute approximate surface area is 90.3 Å². The van der Waals surface area contributed by atoms with Gasteiger partial charge in [0.05, 0.1) is 12.2 Å². The van der Waals surface area contributed by atoms with Crippen molar-refractivity contribution in [3.05, 3.63) is 22.3 Å². The molecule has 0 aromatic carbocycles. The molecule has 0 aromatic heterocycles. The second-order valence-electron chi connectivity index (χ2n) is 4.97. The molecule has 3 aliphatic carbocycles. The van der Waals surface area contributed by atoms with Crippen LogP contribution in [0.5, 0.6) is 0 Å². The fourth-order valence-electron chi connectivity index (χ4n) is 3.41. The molecule has 2 N–H and O–H groups in total. The van der Waals surface area contributed by atoms with Gasteiger partial charge in [-0.3, -0.25) is 0 Å². The zero-order valence-electron chi connectivity index (χ0n) is 9.00. The summed E-state index contributed by atoms with van der Waals surface area (Å²) in [6.45, 7) is 0. The summed E-state index contributed by atoms with van der Waals surface area (Å²) >= 11 is 0. The van der Waals surface area contributed by atoms with Crippen molar-refractivity contribution in [3.8, 4) is 0 Å². The van der Waals surface area contributed by atoms with Crippen molar-refractivity contribution >= 4 is 0 Å². The van der Waals surface area contributed by atoms with Crippen molar-refractivity contribution in [1.82, 2.24) is 0 Å². The molecule has 4 bridgehead atoms. The first-order valence-corrected chi connectivity index (χ1v) is 6.09. The van der Waals surface area contributed by atoms with Gasteiger partial charge in [0.1, 0.15) is 0 Å². The van der Waals surface area contributed by atoms with Crippen molar-refractivity contribution in [2.24, 2.45) is 0 Å². The Morgan fingerprint density at radius 2 is 0.933 bits per heavy atom. The summed E-state index contributed by atoms with van der Waals surface area (Å²) in [4.78, 5) is 0. The van der Waals surface area contributed by atoms with Gasteiger partial charge < -0.3 is 10.2 Å². The van der Waals surface area contributed by atoms with E-state index < -0.39 is 0 Å². The highest BCUT2D eigenvalue weighted by Gasteiger charge is 2.36. The third kappa shape index (κ3) is 1.31. The van der Waals surface area contributed by atoms with Crippen LogP contribution in [-0.2, 0) is 0 Å². The Balaban J connectivity index is 2.15. The molecule has 3 rings (SSSR count). The molecule has 0 radical (unpaired) electrons. The molecule has 0 atom stereocenters. The maximum Gasteiger partial charge on any atom is 0.0968 e. The lowest BCUT2D eigenvalue weighted by molar-refractivity contribution is 0.184. The fraction of sp³-hybridized carbons (Fsp3) is 0.692. The van der Waals surface area contributed by atoms with Crippen LogP contribution >= 0.6 is 0 Å². The van der Waals surface area contributed by atoms with E-state index in [0.717, 1.165) is 54.4 Å². The average Bonchev–Trinajstić information content (AvgIpc) is 2.39. The van der Waals surface area contributed by atoms with Gasteiger partial charge in [-0.2, -0.15) is 0 Å². The zero-order chi connectivity index (χ0) is 10.4. The summed E-state index contributed by atoms with van der Waals surface area (Å²) in [6.07, 6.45) is 6.76. The predicted molar refractivity (Wildman–Crippen MR) is 58.4 cm³/mol. The smallest absolute Gasteiger partial charge is 0.0968 e. The molecule has 0 amide bonds. The molecular weight excluding hydrogens is 188 g/mol. The monoisotopic (exact) mass is 206 g/mol. The van der Waals surface area contributed by atoms with Crippen molar-refractivity contribution in [3.63, 3.8) is 0 Å². The van der Waals surface area contributed by atoms with E-state index in [-0.39, 0.29) is 12.2 Å². The molecule has 3 aliphatic rings. The van der Waals surface area contributed by atoms with Crippen molar-refractivity contribution in [2.75, 3.05) is 0 Å². The Kier molecular flexibility index (Phi) is 2.22. The van der Waals surface area contributed by atoms with E-state index in [1.807, 2.05) is 0 Å². The number of hydrogen-bond donors (Lipinski definition) is 2. The molecule has 0 unspecified atom stereocenters. The highest BCUT2D eigenvalue weighted by atomic mass is 16.3. The first-order valence-electron chi connectivity index (χ1n) is 6.09. The topological polar surface area (TPSA) is 40.5 Å². The first-order chi connectivity index (χ1) is 7.29. The predicted octanol–water partition coefficient (Wildman–Crippen LogP) is 2.07. The summed E-state index contributed by atoms with van der Waals surface area (Å²) in [5.74, 6) is 0. The molecule has 0 aromatic rings. The highest BCUT2D eigenvalue weighted by Crippen LogP contribution is 2.44. The minimum Gasteiger partial charge on any atom is -0.384 e. The number of fused-ring (bicyclic) bond motifs is 4. The van der Waals surface area contributed by atoms with Crippen LogP contribution in [0.2, 0.25) is 0 Å². The van der Waals surface area contributed by atoms with E-state index in [4.69, 9.17) is 0 Å². The van der Waals surface area contributed by atoms with Crippen molar-refractivity contribution in [2.45, 2.75) is 57.2 Å². The van der Waals surface area contributed by atoms with Gasteiger partial charge in [0.25, 0.3) is 0 Å². The summed E-state index contributed by atoms with van der Waals surface area (Å²) < 4.78 is 0. The largest absolute Gasteiger partial charge is 0.384 e. The van der Waals surface area contributed by atoms with E-state index in [2.05, 4.69) is 0 Å². The van der Waals surface area contributed by atoms with Crippen LogP contribution in [0.15, 0.2) is 22.3 Å². The molecule has 2 nitrogen and oxygen atoms in total. The Morgan fingerprint density at radius 1 is 0.600 bits per heavy atom. The van der Waals surface area contributed by atoms with Crippen LogP contribution in [-0.4, -0.2) is 22.4 Å². The van der Waals surface area contributed by atoms with E-state index in [9.17, 15) is 10.2 Å². The molecule has 2 fully saturated rings. The Hall–Kier alpha value is -0.600. The molecule has 0 spiro atoms. The van der Waals surface area contributed by atoms with Crippen LogP contribution in [0.25, 0.3) is 0 Å². The molecule has 0 saturated heterocycles. The van der Waals surface area contributed by atoms with Gasteiger partial charge in [0.2, 0.25) is 0 Å². The summed E-state index contributed by atoms with van der Waals surface area (Å²) in [6, 6.07) is 0. The minimum absolute atomic E-state index is 0.342. The van der Waals surface area contributed by atoms with E-state index in [1.165, 1.54) is 12.8 Å². The van der Waals surface area contributed by atoms with Crippen LogP contribution in [0.4, 0.5) is 0 Å². The molecule has 0 aliphatic heterocycles. The third-order valence-electron chi connectivity index (χ3n) is 4.18. The van der Waals surface area contributed by atoms with Gasteiger partial charge in [-0.1, -0.05) is 0 Å². The SMILES string of the molecule is OC1C2=C3CCCC(=C1CCCC2)C3O. The van der Waals surface area contributed by atoms with E-state index in [1.54, 1.807) is 0 Å². The molecule has 82 valence electrons. The number of hydrogen-bond acceptors (Lipinski definition) is 2. The maximum absolute atomic E-state index is 10.3. The lowest BCUT2D eigenvalue weighted by Gasteiger charge is -2.36. The van der Waals surface area contributed by atoms with Gasteiger partial charge in [-0.15, -0.1) is 0 Å². The van der Waals surface area contributed by atoms with Crippen LogP contribution < -0.4 is 0 Å². The fourth-order valence-corrected chi connectivity index (χ4v) is 3.41. The lowest BCUT2D eigenvalue weighted by Crippen LogP contribution is -2.32. The highest BCUT2D eigenvalue weighted by molar-refractivity contribution is 5.45. The summed E-state index contributed by atoms with van der Waals surface area (Å²) in [5.41, 5.74) is 4.60. The minimum atomic E-state index is -0.346. The second-order valence-corrected chi connectivity index (χ2v) is 4.97. The first kappa shape index (κ1) is 9.61. The van der Waals surface area contributed by atoms with Crippen molar-refractivity contribution < 1.29 is 10.2 Å². The molecule has 15 heavy (non-hydrogen) atoms. The zero-order valence-corrected chi connectivity index (χ0v) is 9.00. The third-order valence-corrected chi connectivity index (χ3v) is 4.18. The lowest BCUT2D eigenvalue weighted by atomic mass is 9.74. The normalized spacial score (nSPS) is 35.6. The van der Waals surface area contributed by atoms with Crippen LogP contribution in [0, 0.1) is 0 Å². The van der Waals surface area contributed by atoms with E-state index >= 15 is 0 Å². The van der Waals surface area contributed by atoms with Gasteiger partial charge in [0.15, 0.2) is 0 Å². The standard InChI is InChI=1S/C13H18O2/c14-12-8-4-1-2-5-9(12)11-7-3-6-10(8)13(11)15/h12-15H,1-7H2. The molecule has 2 heteroatoms. The average molecular weight is 206 g/mol. The van der Waals surface area contributed by atoms with E-state index in [0.29, 0.717) is 0 Å². The second kappa shape index (κ2) is 3.46. The molecule has 2 saturated carbocycles. The molecular formula is C13H18O2. The van der Waals surface area contributed by atoms with Crippen molar-refractivity contribution in [1.29, 1.82) is 0 Å². The number of aliphatic hydroxyl groups excluding tert-OH is 2. The van der Waals surface area contributed by atoms with Crippen LogP contribution in [0.3, 0.4) is 0 Å².